The van der Waals surface area contributed by atoms with Crippen LogP contribution in [0.25, 0.3) is 0 Å². The van der Waals surface area contributed by atoms with Gasteiger partial charge in [-0.05, 0) is 25.6 Å². The van der Waals surface area contributed by atoms with E-state index in [2.05, 4.69) is 22.2 Å². The summed E-state index contributed by atoms with van der Waals surface area (Å²) in [6, 6.07) is 9.38. The first kappa shape index (κ1) is 18.4. The number of esters is 1. The second-order valence-electron chi connectivity index (χ2n) is 6.29. The third kappa shape index (κ3) is 6.29. The second kappa shape index (κ2) is 9.39. The molecule has 0 aromatic heterocycles. The van der Waals surface area contributed by atoms with Gasteiger partial charge in [-0.15, -0.1) is 0 Å². The third-order valence-electron chi connectivity index (χ3n) is 4.10. The number of amides is 1. The van der Waals surface area contributed by atoms with E-state index in [0.717, 1.165) is 39.1 Å². The summed E-state index contributed by atoms with van der Waals surface area (Å²) < 4.78 is 4.99. The van der Waals surface area contributed by atoms with Crippen molar-refractivity contribution in [3.05, 3.63) is 35.9 Å². The zero-order valence-electron chi connectivity index (χ0n) is 14.5. The molecule has 0 spiro atoms. The van der Waals surface area contributed by atoms with Gasteiger partial charge in [-0.25, -0.2) is 0 Å². The number of ether oxygens (including phenoxy) is 1. The number of nitrogens with one attached hydrogen (secondary N) is 1. The highest BCUT2D eigenvalue weighted by molar-refractivity contribution is 5.94. The van der Waals surface area contributed by atoms with Crippen molar-refractivity contribution in [2.75, 3.05) is 46.4 Å². The van der Waals surface area contributed by atoms with Crippen LogP contribution < -0.4 is 5.32 Å². The Balaban J connectivity index is 1.86. The van der Waals surface area contributed by atoms with Crippen molar-refractivity contribution in [2.45, 2.75) is 19.4 Å². The Bertz CT molecular complexity index is 536. The third-order valence-corrected chi connectivity index (χ3v) is 4.10. The van der Waals surface area contributed by atoms with E-state index in [1.165, 1.54) is 6.92 Å². The predicted molar refractivity (Wildman–Crippen MR) is 92.9 cm³/mol. The van der Waals surface area contributed by atoms with E-state index < -0.39 is 0 Å². The molecule has 1 heterocycles. The van der Waals surface area contributed by atoms with Crippen molar-refractivity contribution in [3.63, 3.8) is 0 Å². The molecule has 6 nitrogen and oxygen atoms in total. The number of likely N-dealkylation sites (N-methyl/N-ethyl adjacent to an activating group) is 1. The number of hydrogen-bond acceptors (Lipinski definition) is 5. The van der Waals surface area contributed by atoms with Crippen LogP contribution in [0.15, 0.2) is 30.3 Å². The lowest BCUT2D eigenvalue weighted by molar-refractivity contribution is -0.141. The van der Waals surface area contributed by atoms with Crippen LogP contribution in [0.5, 0.6) is 0 Å². The average Bonchev–Trinajstić information content (AvgIpc) is 2.73. The van der Waals surface area contributed by atoms with Crippen LogP contribution in [0.1, 0.15) is 23.7 Å². The molecule has 1 aliphatic rings. The van der Waals surface area contributed by atoms with Crippen LogP contribution in [0.2, 0.25) is 0 Å². The van der Waals surface area contributed by atoms with Gasteiger partial charge in [0, 0.05) is 45.2 Å². The molecule has 0 saturated carbocycles. The molecular formula is C18H27N3O3. The number of nitrogens with zero attached hydrogens (tertiary/aromatic N) is 2. The lowest BCUT2D eigenvalue weighted by Gasteiger charge is -2.24. The van der Waals surface area contributed by atoms with Crippen LogP contribution in [0.3, 0.4) is 0 Å². The normalized spacial score (nSPS) is 19.5. The Kier molecular flexibility index (Phi) is 7.21. The highest BCUT2D eigenvalue weighted by atomic mass is 16.5. The summed E-state index contributed by atoms with van der Waals surface area (Å²) in [5.74, 6) is -0.269. The highest BCUT2D eigenvalue weighted by Gasteiger charge is 2.22. The number of benzene rings is 1. The molecule has 0 radical (unpaired) electrons. The minimum atomic E-state index is -0.237. The van der Waals surface area contributed by atoms with Gasteiger partial charge in [0.05, 0.1) is 12.6 Å². The molecule has 6 heteroatoms. The maximum absolute atomic E-state index is 12.4. The monoisotopic (exact) mass is 333 g/mol. The number of hydrogen-bond donors (Lipinski definition) is 1. The molecule has 1 saturated heterocycles. The van der Waals surface area contributed by atoms with E-state index >= 15 is 0 Å². The van der Waals surface area contributed by atoms with E-state index in [1.807, 2.05) is 30.3 Å². The van der Waals surface area contributed by atoms with Crippen LogP contribution in [0.4, 0.5) is 0 Å². The lowest BCUT2D eigenvalue weighted by Crippen LogP contribution is -2.46. The van der Waals surface area contributed by atoms with E-state index in [0.29, 0.717) is 12.2 Å². The molecule has 0 bridgehead atoms. The summed E-state index contributed by atoms with van der Waals surface area (Å²) in [7, 11) is 2.07. The Morgan fingerprint density at radius 3 is 2.67 bits per heavy atom. The summed E-state index contributed by atoms with van der Waals surface area (Å²) in [6.07, 6.45) is 0.808. The fraction of sp³-hybridized carbons (Fsp3) is 0.556. The van der Waals surface area contributed by atoms with E-state index in [4.69, 9.17) is 4.74 Å². The summed E-state index contributed by atoms with van der Waals surface area (Å²) in [6.45, 7) is 6.29. The Labute approximate surface area is 143 Å². The smallest absolute Gasteiger partial charge is 0.302 e. The SMILES string of the molecule is CC(=O)OCCCN1CCN(C)CC(NC(=O)c2ccccc2)C1. The van der Waals surface area contributed by atoms with E-state index in [1.54, 1.807) is 0 Å². The van der Waals surface area contributed by atoms with Gasteiger partial charge in [-0.1, -0.05) is 18.2 Å². The van der Waals surface area contributed by atoms with E-state index in [9.17, 15) is 9.59 Å². The van der Waals surface area contributed by atoms with Crippen molar-refractivity contribution in [1.82, 2.24) is 15.1 Å². The molecule has 1 aromatic carbocycles. The zero-order valence-corrected chi connectivity index (χ0v) is 14.5. The molecular weight excluding hydrogens is 306 g/mol. The average molecular weight is 333 g/mol. The predicted octanol–water partition coefficient (Wildman–Crippen LogP) is 0.986. The summed E-state index contributed by atoms with van der Waals surface area (Å²) >= 11 is 0. The topological polar surface area (TPSA) is 61.9 Å². The molecule has 132 valence electrons. The van der Waals surface area contributed by atoms with Gasteiger partial charge in [0.15, 0.2) is 0 Å². The largest absolute Gasteiger partial charge is 0.466 e. The molecule has 1 N–H and O–H groups in total. The fourth-order valence-electron chi connectivity index (χ4n) is 2.90. The van der Waals surface area contributed by atoms with E-state index in [-0.39, 0.29) is 17.9 Å². The minimum absolute atomic E-state index is 0.0317. The van der Waals surface area contributed by atoms with Gasteiger partial charge in [0.25, 0.3) is 5.91 Å². The Morgan fingerprint density at radius 2 is 1.96 bits per heavy atom. The molecule has 1 aromatic rings. The molecule has 1 amide bonds. The minimum Gasteiger partial charge on any atom is -0.466 e. The molecule has 2 rings (SSSR count). The van der Waals surface area contributed by atoms with Crippen molar-refractivity contribution >= 4 is 11.9 Å². The maximum atomic E-state index is 12.4. The van der Waals surface area contributed by atoms with Crippen LogP contribution in [0, 0.1) is 0 Å². The summed E-state index contributed by atoms with van der Waals surface area (Å²) in [5.41, 5.74) is 0.686. The molecule has 1 aliphatic heterocycles. The molecule has 24 heavy (non-hydrogen) atoms. The van der Waals surface area contributed by atoms with Gasteiger partial charge in [0.1, 0.15) is 0 Å². The number of rotatable bonds is 6. The molecule has 0 aliphatic carbocycles. The second-order valence-corrected chi connectivity index (χ2v) is 6.29. The first-order valence-electron chi connectivity index (χ1n) is 8.45. The van der Waals surface area contributed by atoms with Crippen molar-refractivity contribution in [2.24, 2.45) is 0 Å². The number of carbonyl (C=O) groups is 2. The molecule has 1 atom stereocenters. The Morgan fingerprint density at radius 1 is 1.21 bits per heavy atom. The quantitative estimate of drug-likeness (QED) is 0.621. The lowest BCUT2D eigenvalue weighted by atomic mass is 10.2. The summed E-state index contributed by atoms with van der Waals surface area (Å²) in [4.78, 5) is 27.7. The summed E-state index contributed by atoms with van der Waals surface area (Å²) in [5, 5.41) is 3.14. The van der Waals surface area contributed by atoms with Gasteiger partial charge in [0.2, 0.25) is 0 Å². The van der Waals surface area contributed by atoms with Crippen molar-refractivity contribution < 1.29 is 14.3 Å². The highest BCUT2D eigenvalue weighted by Crippen LogP contribution is 2.06. The standard InChI is InChI=1S/C18H27N3O3/c1-15(22)24-12-6-9-21-11-10-20(2)13-17(14-21)19-18(23)16-7-4-3-5-8-16/h3-5,7-8,17H,6,9-14H2,1-2H3,(H,19,23). The van der Waals surface area contributed by atoms with Gasteiger partial charge >= 0.3 is 5.97 Å². The van der Waals surface area contributed by atoms with Crippen LogP contribution in [-0.4, -0.2) is 74.1 Å². The van der Waals surface area contributed by atoms with Crippen LogP contribution in [-0.2, 0) is 9.53 Å². The number of carbonyl (C=O) groups excluding carboxylic acids is 2. The first-order valence-corrected chi connectivity index (χ1v) is 8.45. The zero-order chi connectivity index (χ0) is 17.4. The molecule has 1 fully saturated rings. The first-order chi connectivity index (χ1) is 11.5. The Hall–Kier alpha value is -1.92. The van der Waals surface area contributed by atoms with Gasteiger partial charge in [-0.2, -0.15) is 0 Å². The van der Waals surface area contributed by atoms with Gasteiger partial charge in [-0.3, -0.25) is 14.5 Å². The fourth-order valence-corrected chi connectivity index (χ4v) is 2.90. The van der Waals surface area contributed by atoms with Crippen molar-refractivity contribution in [3.8, 4) is 0 Å². The van der Waals surface area contributed by atoms with Crippen molar-refractivity contribution in [1.29, 1.82) is 0 Å². The van der Waals surface area contributed by atoms with Gasteiger partial charge < -0.3 is 15.0 Å². The maximum Gasteiger partial charge on any atom is 0.302 e. The molecule has 1 unspecified atom stereocenters. The van der Waals surface area contributed by atoms with Crippen LogP contribution >= 0.6 is 0 Å².